The molecule has 0 radical (unpaired) electrons. The summed E-state index contributed by atoms with van der Waals surface area (Å²) in [6.07, 6.45) is 3.54. The maximum Gasteiger partial charge on any atom is 0.0833 e. The zero-order chi connectivity index (χ0) is 9.40. The van der Waals surface area contributed by atoms with Crippen molar-refractivity contribution < 1.29 is 9.84 Å². The summed E-state index contributed by atoms with van der Waals surface area (Å²) >= 11 is 0. The van der Waals surface area contributed by atoms with E-state index in [1.807, 2.05) is 6.92 Å². The molecule has 12 heavy (non-hydrogen) atoms. The molecule has 2 atom stereocenters. The third kappa shape index (κ3) is 5.33. The standard InChI is InChI=1S/C10H20O2/c1-4-6-7-12-8-10(11)9(3)5-2/h5,9-11H,2,4,6-8H2,1,3H3/t9-,10-/m1/s1. The van der Waals surface area contributed by atoms with Crippen molar-refractivity contribution in [1.82, 2.24) is 0 Å². The van der Waals surface area contributed by atoms with Gasteiger partial charge >= 0.3 is 0 Å². The molecule has 72 valence electrons. The lowest BCUT2D eigenvalue weighted by molar-refractivity contribution is 0.0183. The summed E-state index contributed by atoms with van der Waals surface area (Å²) in [4.78, 5) is 0. The maximum atomic E-state index is 9.42. The Morgan fingerprint density at radius 1 is 1.58 bits per heavy atom. The normalized spacial score (nSPS) is 15.6. The summed E-state index contributed by atoms with van der Waals surface area (Å²) in [6.45, 7) is 8.83. The predicted octanol–water partition coefficient (Wildman–Crippen LogP) is 1.99. The Morgan fingerprint density at radius 2 is 2.25 bits per heavy atom. The fourth-order valence-corrected chi connectivity index (χ4v) is 0.759. The lowest BCUT2D eigenvalue weighted by Gasteiger charge is -2.14. The highest BCUT2D eigenvalue weighted by molar-refractivity contribution is 4.80. The Hall–Kier alpha value is -0.340. The number of aliphatic hydroxyl groups is 1. The third-order valence-electron chi connectivity index (χ3n) is 1.91. The molecular formula is C10H20O2. The molecule has 0 aromatic carbocycles. The molecule has 0 bridgehead atoms. The molecule has 0 amide bonds. The first-order valence-electron chi connectivity index (χ1n) is 4.60. The number of rotatable bonds is 7. The second kappa shape index (κ2) is 7.32. The highest BCUT2D eigenvalue weighted by Gasteiger charge is 2.09. The van der Waals surface area contributed by atoms with E-state index in [4.69, 9.17) is 4.74 Å². The fourth-order valence-electron chi connectivity index (χ4n) is 0.759. The molecule has 1 N–H and O–H groups in total. The van der Waals surface area contributed by atoms with Crippen molar-refractivity contribution in [3.05, 3.63) is 12.7 Å². The Balaban J connectivity index is 3.30. The van der Waals surface area contributed by atoms with E-state index in [0.717, 1.165) is 19.4 Å². The zero-order valence-corrected chi connectivity index (χ0v) is 8.12. The van der Waals surface area contributed by atoms with Crippen LogP contribution in [0.15, 0.2) is 12.7 Å². The molecule has 0 spiro atoms. The minimum Gasteiger partial charge on any atom is -0.390 e. The van der Waals surface area contributed by atoms with Crippen LogP contribution in [0.4, 0.5) is 0 Å². The van der Waals surface area contributed by atoms with Gasteiger partial charge in [0.15, 0.2) is 0 Å². The Kier molecular flexibility index (Phi) is 7.11. The number of unbranched alkanes of at least 4 members (excludes halogenated alkanes) is 1. The first-order valence-corrected chi connectivity index (χ1v) is 4.60. The van der Waals surface area contributed by atoms with Gasteiger partial charge in [-0.25, -0.2) is 0 Å². The average molecular weight is 172 g/mol. The highest BCUT2D eigenvalue weighted by Crippen LogP contribution is 2.04. The van der Waals surface area contributed by atoms with Crippen molar-refractivity contribution >= 4 is 0 Å². The number of ether oxygens (including phenoxy) is 1. The molecule has 0 aliphatic rings. The zero-order valence-electron chi connectivity index (χ0n) is 8.12. The van der Waals surface area contributed by atoms with E-state index < -0.39 is 6.10 Å². The topological polar surface area (TPSA) is 29.5 Å². The van der Waals surface area contributed by atoms with E-state index in [9.17, 15) is 5.11 Å². The van der Waals surface area contributed by atoms with Gasteiger partial charge in [0, 0.05) is 12.5 Å². The smallest absolute Gasteiger partial charge is 0.0833 e. The summed E-state index contributed by atoms with van der Waals surface area (Å²) in [5.74, 6) is 0.117. The molecule has 2 heteroatoms. The van der Waals surface area contributed by atoms with E-state index in [0.29, 0.717) is 6.61 Å². The second-order valence-electron chi connectivity index (χ2n) is 3.09. The molecule has 0 aliphatic heterocycles. The minimum absolute atomic E-state index is 0.117. The quantitative estimate of drug-likeness (QED) is 0.470. The van der Waals surface area contributed by atoms with Crippen LogP contribution >= 0.6 is 0 Å². The van der Waals surface area contributed by atoms with Crippen LogP contribution in [-0.4, -0.2) is 24.4 Å². The van der Waals surface area contributed by atoms with Crippen LogP contribution in [0.3, 0.4) is 0 Å². The van der Waals surface area contributed by atoms with Gasteiger partial charge in [0.1, 0.15) is 0 Å². The van der Waals surface area contributed by atoms with Crippen LogP contribution in [0.25, 0.3) is 0 Å². The van der Waals surface area contributed by atoms with E-state index in [1.54, 1.807) is 6.08 Å². The summed E-state index contributed by atoms with van der Waals surface area (Å²) in [7, 11) is 0. The van der Waals surface area contributed by atoms with E-state index in [2.05, 4.69) is 13.5 Å². The first-order chi connectivity index (χ1) is 5.72. The lowest BCUT2D eigenvalue weighted by Crippen LogP contribution is -2.22. The molecule has 0 aromatic heterocycles. The Morgan fingerprint density at radius 3 is 2.75 bits per heavy atom. The van der Waals surface area contributed by atoms with Crippen molar-refractivity contribution in [2.24, 2.45) is 5.92 Å². The van der Waals surface area contributed by atoms with E-state index in [-0.39, 0.29) is 5.92 Å². The molecule has 2 nitrogen and oxygen atoms in total. The number of hydrogen-bond donors (Lipinski definition) is 1. The van der Waals surface area contributed by atoms with E-state index >= 15 is 0 Å². The minimum atomic E-state index is -0.403. The predicted molar refractivity (Wildman–Crippen MR) is 51.1 cm³/mol. The van der Waals surface area contributed by atoms with Crippen LogP contribution in [0.1, 0.15) is 26.7 Å². The largest absolute Gasteiger partial charge is 0.390 e. The van der Waals surface area contributed by atoms with Crippen molar-refractivity contribution in [3.63, 3.8) is 0 Å². The van der Waals surface area contributed by atoms with Gasteiger partial charge in [0.2, 0.25) is 0 Å². The van der Waals surface area contributed by atoms with Gasteiger partial charge in [-0.15, -0.1) is 6.58 Å². The van der Waals surface area contributed by atoms with Crippen LogP contribution in [0.5, 0.6) is 0 Å². The third-order valence-corrected chi connectivity index (χ3v) is 1.91. The number of hydrogen-bond acceptors (Lipinski definition) is 2. The van der Waals surface area contributed by atoms with Gasteiger partial charge in [0.05, 0.1) is 12.7 Å². The monoisotopic (exact) mass is 172 g/mol. The molecule has 0 saturated heterocycles. The van der Waals surface area contributed by atoms with Crippen molar-refractivity contribution in [1.29, 1.82) is 0 Å². The van der Waals surface area contributed by atoms with Gasteiger partial charge in [0.25, 0.3) is 0 Å². The fraction of sp³-hybridized carbons (Fsp3) is 0.800. The van der Waals surface area contributed by atoms with Crippen LogP contribution < -0.4 is 0 Å². The van der Waals surface area contributed by atoms with Gasteiger partial charge in [-0.3, -0.25) is 0 Å². The highest BCUT2D eigenvalue weighted by atomic mass is 16.5. The molecule has 0 heterocycles. The van der Waals surface area contributed by atoms with Crippen molar-refractivity contribution in [2.45, 2.75) is 32.8 Å². The molecule has 0 saturated carbocycles. The van der Waals surface area contributed by atoms with Crippen molar-refractivity contribution in [3.8, 4) is 0 Å². The summed E-state index contributed by atoms with van der Waals surface area (Å²) in [5.41, 5.74) is 0. The summed E-state index contributed by atoms with van der Waals surface area (Å²) < 4.78 is 5.26. The van der Waals surface area contributed by atoms with Gasteiger partial charge < -0.3 is 9.84 Å². The summed E-state index contributed by atoms with van der Waals surface area (Å²) in [6, 6.07) is 0. The maximum absolute atomic E-state index is 9.42. The van der Waals surface area contributed by atoms with Gasteiger partial charge in [-0.2, -0.15) is 0 Å². The van der Waals surface area contributed by atoms with Crippen LogP contribution in [0.2, 0.25) is 0 Å². The van der Waals surface area contributed by atoms with Crippen molar-refractivity contribution in [2.75, 3.05) is 13.2 Å². The van der Waals surface area contributed by atoms with Crippen LogP contribution in [0, 0.1) is 5.92 Å². The number of aliphatic hydroxyl groups excluding tert-OH is 1. The lowest BCUT2D eigenvalue weighted by atomic mass is 10.1. The van der Waals surface area contributed by atoms with Gasteiger partial charge in [-0.05, 0) is 6.42 Å². The molecule has 0 fully saturated rings. The summed E-state index contributed by atoms with van der Waals surface area (Å²) in [5, 5.41) is 9.42. The first kappa shape index (κ1) is 11.7. The van der Waals surface area contributed by atoms with Crippen LogP contribution in [-0.2, 0) is 4.74 Å². The van der Waals surface area contributed by atoms with Gasteiger partial charge in [-0.1, -0.05) is 26.3 Å². The SMILES string of the molecule is C=C[C@@H](C)[C@H](O)COCCCC. The van der Waals surface area contributed by atoms with E-state index in [1.165, 1.54) is 0 Å². The molecule has 0 aromatic rings. The second-order valence-corrected chi connectivity index (χ2v) is 3.09. The average Bonchev–Trinajstić information content (AvgIpc) is 2.10. The Labute approximate surface area is 75.2 Å². The molecule has 0 unspecified atom stereocenters. The molecule has 0 rings (SSSR count). The molecule has 0 aliphatic carbocycles. The Bertz CT molecular complexity index is 112. The molecular weight excluding hydrogens is 152 g/mol.